The minimum absolute atomic E-state index is 0.650. The van der Waals surface area contributed by atoms with Crippen molar-refractivity contribution in [2.75, 3.05) is 23.8 Å². The molecule has 0 bridgehead atoms. The molecule has 0 aliphatic carbocycles. The van der Waals surface area contributed by atoms with Gasteiger partial charge in [0.2, 0.25) is 0 Å². The van der Waals surface area contributed by atoms with Crippen LogP contribution in [0.4, 0.5) is 11.4 Å². The third-order valence-electron chi connectivity index (χ3n) is 4.11. The first-order chi connectivity index (χ1) is 13.5. The second-order valence-electron chi connectivity index (χ2n) is 6.21. The van der Waals surface area contributed by atoms with E-state index >= 15 is 0 Å². The lowest BCUT2D eigenvalue weighted by atomic mass is 10.1. The smallest absolute Gasteiger partial charge is 0.118 e. The van der Waals surface area contributed by atoms with Crippen molar-refractivity contribution in [2.45, 2.75) is 6.54 Å². The number of hydrogen-bond acceptors (Lipinski definition) is 5. The summed E-state index contributed by atoms with van der Waals surface area (Å²) in [4.78, 5) is 1.95. The molecule has 1 atom stereocenters. The van der Waals surface area contributed by atoms with E-state index in [0.717, 1.165) is 38.0 Å². The van der Waals surface area contributed by atoms with Gasteiger partial charge in [0.25, 0.3) is 0 Å². The monoisotopic (exact) mass is 413 g/mol. The minimum Gasteiger partial charge on any atom is -0.497 e. The predicted octanol–water partition coefficient (Wildman–Crippen LogP) is 4.47. The Morgan fingerprint density at radius 1 is 1.21 bits per heavy atom. The van der Waals surface area contributed by atoms with Gasteiger partial charge in [-0.3, -0.25) is 0 Å². The lowest BCUT2D eigenvalue weighted by Crippen LogP contribution is -2.10. The number of rotatable bonds is 8. The summed E-state index contributed by atoms with van der Waals surface area (Å²) >= 11 is 1.58. The zero-order chi connectivity index (χ0) is 20.1. The van der Waals surface area contributed by atoms with E-state index in [2.05, 4.69) is 16.6 Å². The van der Waals surface area contributed by atoms with Crippen molar-refractivity contribution in [3.05, 3.63) is 71.6 Å². The molecule has 4 N–H and O–H groups in total. The van der Waals surface area contributed by atoms with Gasteiger partial charge in [-0.25, -0.2) is 4.21 Å². The molecule has 1 aromatic heterocycles. The van der Waals surface area contributed by atoms with Crippen LogP contribution in [0.1, 0.15) is 10.4 Å². The summed E-state index contributed by atoms with van der Waals surface area (Å²) in [5.41, 5.74) is 10.7. The average Bonchev–Trinajstić information content (AvgIpc) is 3.08. The molecule has 3 aromatic rings. The van der Waals surface area contributed by atoms with Crippen molar-refractivity contribution in [1.29, 1.82) is 0 Å². The molecule has 3 rings (SSSR count). The van der Waals surface area contributed by atoms with Crippen molar-refractivity contribution in [3.8, 4) is 16.2 Å². The van der Waals surface area contributed by atoms with E-state index in [1.165, 1.54) is 0 Å². The number of anilines is 2. The fraction of sp³-hybridized carbons (Fsp3) is 0.143. The minimum atomic E-state index is -1.11. The summed E-state index contributed by atoms with van der Waals surface area (Å²) in [5.74, 6) is 0.832. The molecule has 0 saturated carbocycles. The molecule has 0 fully saturated rings. The van der Waals surface area contributed by atoms with Crippen LogP contribution < -0.4 is 20.5 Å². The summed E-state index contributed by atoms with van der Waals surface area (Å²) in [6, 6.07) is 17.6. The molecule has 0 spiro atoms. The Balaban J connectivity index is 1.72. The topological polar surface area (TPSA) is 76.4 Å². The van der Waals surface area contributed by atoms with Gasteiger partial charge in [-0.2, -0.15) is 0 Å². The lowest BCUT2D eigenvalue weighted by Gasteiger charge is -2.09. The molecule has 1 heterocycles. The maximum absolute atomic E-state index is 11.4. The number of nitrogen functional groups attached to an aromatic ring is 1. The summed E-state index contributed by atoms with van der Waals surface area (Å²) in [5, 5.41) is 3.34. The maximum atomic E-state index is 11.4. The van der Waals surface area contributed by atoms with Crippen molar-refractivity contribution in [2.24, 2.45) is 0 Å². The van der Waals surface area contributed by atoms with E-state index in [4.69, 9.17) is 10.5 Å². The molecular formula is C21H23N3O2S2. The van der Waals surface area contributed by atoms with Gasteiger partial charge in [0.1, 0.15) is 16.7 Å². The fourth-order valence-electron chi connectivity index (χ4n) is 2.72. The standard InChI is InChI=1S/C21H23N3O2S2/c1-14(23-13-15-7-9-18(26-2)10-8-15)21-19(22)12-20(27-21)16-5-4-6-17(11-16)24-28(3)25/h4-12,23-24H,1,13,22H2,2-3H3. The van der Waals surface area contributed by atoms with Crippen LogP contribution in [0.5, 0.6) is 5.75 Å². The van der Waals surface area contributed by atoms with Crippen LogP contribution in [0.2, 0.25) is 0 Å². The second kappa shape index (κ2) is 8.95. The van der Waals surface area contributed by atoms with Crippen LogP contribution in [0.15, 0.2) is 61.2 Å². The second-order valence-corrected chi connectivity index (χ2v) is 8.38. The van der Waals surface area contributed by atoms with Gasteiger partial charge >= 0.3 is 0 Å². The number of thiophene rings is 1. The highest BCUT2D eigenvalue weighted by molar-refractivity contribution is 7.85. The molecule has 7 heteroatoms. The van der Waals surface area contributed by atoms with Gasteiger partial charge in [0, 0.05) is 29.1 Å². The van der Waals surface area contributed by atoms with Crippen molar-refractivity contribution < 1.29 is 8.95 Å². The Bertz CT molecular complexity index is 997. The summed E-state index contributed by atoms with van der Waals surface area (Å²) in [7, 11) is 0.538. The van der Waals surface area contributed by atoms with Gasteiger partial charge in [0.15, 0.2) is 0 Å². The van der Waals surface area contributed by atoms with Crippen LogP contribution >= 0.6 is 11.3 Å². The van der Waals surface area contributed by atoms with E-state index < -0.39 is 11.0 Å². The highest BCUT2D eigenvalue weighted by Gasteiger charge is 2.12. The summed E-state index contributed by atoms with van der Waals surface area (Å²) in [6.07, 6.45) is 1.60. The number of hydrogen-bond donors (Lipinski definition) is 3. The van der Waals surface area contributed by atoms with E-state index in [9.17, 15) is 4.21 Å². The summed E-state index contributed by atoms with van der Waals surface area (Å²) < 4.78 is 19.5. The molecule has 1 unspecified atom stereocenters. The van der Waals surface area contributed by atoms with Gasteiger partial charge < -0.3 is 20.5 Å². The molecule has 0 radical (unpaired) electrons. The molecule has 2 aromatic carbocycles. The van der Waals surface area contributed by atoms with Crippen LogP contribution in [-0.2, 0) is 17.5 Å². The van der Waals surface area contributed by atoms with Crippen LogP contribution in [0.3, 0.4) is 0 Å². The first-order valence-electron chi connectivity index (χ1n) is 8.62. The number of ether oxygens (including phenoxy) is 1. The fourth-order valence-corrected chi connectivity index (χ4v) is 4.20. The Morgan fingerprint density at radius 2 is 1.96 bits per heavy atom. The highest BCUT2D eigenvalue weighted by Crippen LogP contribution is 2.37. The Morgan fingerprint density at radius 3 is 2.64 bits per heavy atom. The normalized spacial score (nSPS) is 11.6. The molecular weight excluding hydrogens is 390 g/mol. The van der Waals surface area contributed by atoms with Crippen molar-refractivity contribution in [3.63, 3.8) is 0 Å². The first-order valence-corrected chi connectivity index (χ1v) is 11.0. The van der Waals surface area contributed by atoms with E-state index in [1.807, 2.05) is 54.6 Å². The lowest BCUT2D eigenvalue weighted by molar-refractivity contribution is 0.414. The van der Waals surface area contributed by atoms with E-state index in [0.29, 0.717) is 12.2 Å². The van der Waals surface area contributed by atoms with Crippen molar-refractivity contribution >= 4 is 39.4 Å². The summed E-state index contributed by atoms with van der Waals surface area (Å²) in [6.45, 7) is 4.79. The van der Waals surface area contributed by atoms with Gasteiger partial charge in [-0.15, -0.1) is 11.3 Å². The third kappa shape index (κ3) is 4.94. The Hall–Kier alpha value is -2.77. The van der Waals surface area contributed by atoms with E-state index in [-0.39, 0.29) is 0 Å². The van der Waals surface area contributed by atoms with Crippen LogP contribution in [0.25, 0.3) is 16.1 Å². The molecule has 5 nitrogen and oxygen atoms in total. The van der Waals surface area contributed by atoms with Crippen molar-refractivity contribution in [1.82, 2.24) is 5.32 Å². The molecule has 146 valence electrons. The van der Waals surface area contributed by atoms with E-state index in [1.54, 1.807) is 24.7 Å². The number of benzene rings is 2. The first kappa shape index (κ1) is 20.0. The quantitative estimate of drug-likeness (QED) is 0.509. The van der Waals surface area contributed by atoms with Gasteiger partial charge in [-0.05, 0) is 41.5 Å². The maximum Gasteiger partial charge on any atom is 0.118 e. The molecule has 0 aliphatic rings. The molecule has 0 amide bonds. The highest BCUT2D eigenvalue weighted by atomic mass is 32.2. The van der Waals surface area contributed by atoms with Crippen LogP contribution in [-0.4, -0.2) is 17.6 Å². The zero-order valence-corrected chi connectivity index (χ0v) is 17.5. The largest absolute Gasteiger partial charge is 0.497 e. The average molecular weight is 414 g/mol. The van der Waals surface area contributed by atoms with Gasteiger partial charge in [-0.1, -0.05) is 30.8 Å². The molecule has 0 aliphatic heterocycles. The molecule has 28 heavy (non-hydrogen) atoms. The van der Waals surface area contributed by atoms with Crippen LogP contribution in [0, 0.1) is 0 Å². The molecule has 0 saturated heterocycles. The third-order valence-corrected chi connectivity index (χ3v) is 5.89. The number of nitrogens with one attached hydrogen (secondary N) is 2. The number of nitrogens with two attached hydrogens (primary N) is 1. The predicted molar refractivity (Wildman–Crippen MR) is 121 cm³/mol. The Kier molecular flexibility index (Phi) is 6.38. The SMILES string of the molecule is C=C(NCc1ccc(OC)cc1)c1sc(-c2cccc(NS(C)=O)c2)cc1N. The Labute approximate surface area is 171 Å². The number of methoxy groups -OCH3 is 1. The zero-order valence-electron chi connectivity index (χ0n) is 15.8. The van der Waals surface area contributed by atoms with Gasteiger partial charge in [0.05, 0.1) is 17.7 Å².